The highest BCUT2D eigenvalue weighted by Gasteiger charge is 2.55. The van der Waals surface area contributed by atoms with E-state index < -0.39 is 6.04 Å². The summed E-state index contributed by atoms with van der Waals surface area (Å²) >= 11 is 0. The van der Waals surface area contributed by atoms with Crippen molar-refractivity contribution in [3.05, 3.63) is 29.8 Å². The fraction of sp³-hybridized carbons (Fsp3) is 0.400. The van der Waals surface area contributed by atoms with Gasteiger partial charge in [0.1, 0.15) is 17.6 Å². The van der Waals surface area contributed by atoms with Gasteiger partial charge < -0.3 is 20.9 Å². The summed E-state index contributed by atoms with van der Waals surface area (Å²) in [5.41, 5.74) is 0.833. The number of hydrogen-bond acceptors (Lipinski definition) is 7. The Hall–Kier alpha value is -3.36. The Balaban J connectivity index is 1.69. The van der Waals surface area contributed by atoms with Gasteiger partial charge in [0.15, 0.2) is 5.78 Å². The predicted octanol–water partition coefficient (Wildman–Crippen LogP) is 0.839. The number of amidine groups is 1. The van der Waals surface area contributed by atoms with Gasteiger partial charge in [-0.1, -0.05) is 18.2 Å². The molecule has 0 aromatic heterocycles. The molecule has 2 amide bonds. The molecule has 3 unspecified atom stereocenters. The van der Waals surface area contributed by atoms with E-state index in [-0.39, 0.29) is 41.7 Å². The van der Waals surface area contributed by atoms with Gasteiger partial charge in [-0.25, -0.2) is 0 Å². The van der Waals surface area contributed by atoms with Crippen molar-refractivity contribution in [2.75, 3.05) is 18.9 Å². The molecule has 1 aromatic rings. The van der Waals surface area contributed by atoms with Crippen molar-refractivity contribution in [2.24, 2.45) is 10.9 Å². The number of hydrogen-bond donors (Lipinski definition) is 4. The van der Waals surface area contributed by atoms with Crippen LogP contribution in [0.1, 0.15) is 25.3 Å². The number of anilines is 1. The number of Topliss-reactive ketones (excluding diaryl/α,β-unsaturated/α-hetero) is 1. The van der Waals surface area contributed by atoms with Gasteiger partial charge in [-0.15, -0.1) is 0 Å². The van der Waals surface area contributed by atoms with Crippen LogP contribution in [0.15, 0.2) is 29.3 Å². The monoisotopic (exact) mass is 396 g/mol. The topological polar surface area (TPSA) is 139 Å². The highest BCUT2D eigenvalue weighted by molar-refractivity contribution is 6.45. The molecule has 3 atom stereocenters. The quantitative estimate of drug-likeness (QED) is 0.401. The summed E-state index contributed by atoms with van der Waals surface area (Å²) in [6.07, 6.45) is 2.45. The van der Waals surface area contributed by atoms with Gasteiger partial charge in [0.25, 0.3) is 0 Å². The van der Waals surface area contributed by atoms with Crippen molar-refractivity contribution < 1.29 is 14.4 Å². The molecule has 1 aliphatic heterocycles. The SMILES string of the molecule is CN=C(C=N)NC(=O)C1CC2CC2N1C(=O)CNc1ccccc1C(=N)C(C)=O. The zero-order chi connectivity index (χ0) is 21.1. The van der Waals surface area contributed by atoms with Gasteiger partial charge in [0.2, 0.25) is 11.8 Å². The van der Waals surface area contributed by atoms with E-state index in [1.165, 1.54) is 14.0 Å². The molecule has 2 aliphatic rings. The Kier molecular flexibility index (Phi) is 5.86. The third-order valence-corrected chi connectivity index (χ3v) is 5.30. The largest absolute Gasteiger partial charge is 0.376 e. The van der Waals surface area contributed by atoms with Crippen molar-refractivity contribution in [3.63, 3.8) is 0 Å². The lowest BCUT2D eigenvalue weighted by molar-refractivity contribution is -0.137. The van der Waals surface area contributed by atoms with Crippen LogP contribution in [-0.4, -0.2) is 65.9 Å². The Bertz CT molecular complexity index is 909. The van der Waals surface area contributed by atoms with E-state index in [0.717, 1.165) is 12.6 Å². The van der Waals surface area contributed by atoms with Crippen molar-refractivity contribution in [3.8, 4) is 0 Å². The minimum atomic E-state index is -0.587. The van der Waals surface area contributed by atoms with Crippen LogP contribution in [0.25, 0.3) is 0 Å². The van der Waals surface area contributed by atoms with Crippen molar-refractivity contribution in [2.45, 2.75) is 31.8 Å². The number of likely N-dealkylation sites (tertiary alicyclic amines) is 1. The second-order valence-electron chi connectivity index (χ2n) is 7.19. The van der Waals surface area contributed by atoms with E-state index in [1.807, 2.05) is 0 Å². The van der Waals surface area contributed by atoms with Gasteiger partial charge in [0.05, 0.1) is 12.8 Å². The van der Waals surface area contributed by atoms with Gasteiger partial charge in [-0.3, -0.25) is 24.8 Å². The first-order valence-corrected chi connectivity index (χ1v) is 9.39. The molecule has 0 bridgehead atoms. The molecule has 1 saturated carbocycles. The van der Waals surface area contributed by atoms with Gasteiger partial charge in [-0.05, 0) is 24.8 Å². The summed E-state index contributed by atoms with van der Waals surface area (Å²) < 4.78 is 0. The summed E-state index contributed by atoms with van der Waals surface area (Å²) in [5, 5.41) is 20.8. The lowest BCUT2D eigenvalue weighted by Crippen LogP contribution is -2.50. The van der Waals surface area contributed by atoms with E-state index in [1.54, 1.807) is 29.2 Å². The molecule has 1 aliphatic carbocycles. The number of amides is 2. The molecule has 1 heterocycles. The molecule has 4 N–H and O–H groups in total. The number of fused-ring (bicyclic) bond motifs is 1. The number of carbonyl (C=O) groups is 3. The highest BCUT2D eigenvalue weighted by atomic mass is 16.2. The van der Waals surface area contributed by atoms with Gasteiger partial charge >= 0.3 is 0 Å². The number of ketones is 1. The Morgan fingerprint density at radius 2 is 2.00 bits per heavy atom. The van der Waals surface area contributed by atoms with Crippen LogP contribution in [0.2, 0.25) is 0 Å². The second-order valence-corrected chi connectivity index (χ2v) is 7.19. The van der Waals surface area contributed by atoms with Crippen LogP contribution in [0.3, 0.4) is 0 Å². The molecular formula is C20H24N6O3. The van der Waals surface area contributed by atoms with Crippen LogP contribution in [0.4, 0.5) is 5.69 Å². The molecule has 29 heavy (non-hydrogen) atoms. The van der Waals surface area contributed by atoms with Crippen LogP contribution in [0, 0.1) is 16.7 Å². The van der Waals surface area contributed by atoms with Crippen LogP contribution >= 0.6 is 0 Å². The van der Waals surface area contributed by atoms with Crippen LogP contribution in [0.5, 0.6) is 0 Å². The fourth-order valence-corrected chi connectivity index (χ4v) is 3.72. The first-order chi connectivity index (χ1) is 13.9. The molecule has 0 radical (unpaired) electrons. The van der Waals surface area contributed by atoms with E-state index in [2.05, 4.69) is 15.6 Å². The Labute approximate surface area is 168 Å². The summed E-state index contributed by atoms with van der Waals surface area (Å²) in [6, 6.07) is 6.33. The van der Waals surface area contributed by atoms with E-state index in [0.29, 0.717) is 23.6 Å². The number of benzene rings is 1. The Morgan fingerprint density at radius 3 is 2.66 bits per heavy atom. The van der Waals surface area contributed by atoms with Crippen molar-refractivity contribution >= 4 is 41.0 Å². The molecule has 9 heteroatoms. The molecule has 2 fully saturated rings. The first kappa shape index (κ1) is 20.4. The number of nitrogens with one attached hydrogen (secondary N) is 4. The molecule has 1 saturated heterocycles. The summed E-state index contributed by atoms with van der Waals surface area (Å²) in [4.78, 5) is 42.4. The molecule has 3 rings (SSSR count). The summed E-state index contributed by atoms with van der Waals surface area (Å²) in [7, 11) is 1.48. The third-order valence-electron chi connectivity index (χ3n) is 5.30. The summed E-state index contributed by atoms with van der Waals surface area (Å²) in [6.45, 7) is 1.28. The zero-order valence-electron chi connectivity index (χ0n) is 16.4. The maximum absolute atomic E-state index is 12.9. The first-order valence-electron chi connectivity index (χ1n) is 9.39. The van der Waals surface area contributed by atoms with E-state index >= 15 is 0 Å². The van der Waals surface area contributed by atoms with Crippen molar-refractivity contribution in [1.82, 2.24) is 10.2 Å². The normalized spacial score (nSPS) is 22.5. The number of para-hydroxylation sites is 1. The van der Waals surface area contributed by atoms with Crippen molar-refractivity contribution in [1.29, 1.82) is 10.8 Å². The molecule has 0 spiro atoms. The number of piperidine rings is 1. The molecule has 152 valence electrons. The highest BCUT2D eigenvalue weighted by Crippen LogP contribution is 2.47. The lowest BCUT2D eigenvalue weighted by Gasteiger charge is -2.27. The van der Waals surface area contributed by atoms with E-state index in [9.17, 15) is 14.4 Å². The summed E-state index contributed by atoms with van der Waals surface area (Å²) in [5.74, 6) is -0.438. The van der Waals surface area contributed by atoms with Crippen LogP contribution in [-0.2, 0) is 14.4 Å². The zero-order valence-corrected chi connectivity index (χ0v) is 16.4. The minimum absolute atomic E-state index is 0.0471. The average Bonchev–Trinajstić information content (AvgIpc) is 3.38. The van der Waals surface area contributed by atoms with E-state index in [4.69, 9.17) is 10.8 Å². The lowest BCUT2D eigenvalue weighted by atomic mass is 10.1. The molecule has 9 nitrogen and oxygen atoms in total. The number of nitrogens with zero attached hydrogens (tertiary/aromatic N) is 2. The molecule has 1 aromatic carbocycles. The number of carbonyl (C=O) groups excluding carboxylic acids is 3. The van der Waals surface area contributed by atoms with Gasteiger partial charge in [-0.2, -0.15) is 0 Å². The maximum atomic E-state index is 12.9. The second kappa shape index (κ2) is 8.34. The minimum Gasteiger partial charge on any atom is -0.376 e. The predicted molar refractivity (Wildman–Crippen MR) is 110 cm³/mol. The average molecular weight is 396 g/mol. The third kappa shape index (κ3) is 4.23. The molecular weight excluding hydrogens is 372 g/mol. The maximum Gasteiger partial charge on any atom is 0.248 e. The van der Waals surface area contributed by atoms with Gasteiger partial charge in [0, 0.05) is 31.3 Å². The fourth-order valence-electron chi connectivity index (χ4n) is 3.72. The standard InChI is InChI=1S/C20H24N6O3/c1-11(27)19(22)13-5-3-4-6-14(13)24-10-18(28)26-15-7-12(15)8-16(26)20(29)25-17(9-21)23-2/h3-6,9,12,15-16,21-22,24H,7-8,10H2,1-2H3,(H,23,25,29). The smallest absolute Gasteiger partial charge is 0.248 e. The number of rotatable bonds is 7. The van der Waals surface area contributed by atoms with Crippen LogP contribution < -0.4 is 10.6 Å². The number of aliphatic imine (C=N–C) groups is 1. The Morgan fingerprint density at radius 1 is 1.28 bits per heavy atom.